The molecule has 2 aliphatic rings. The number of rotatable bonds is 8. The largest absolute Gasteiger partial charge is 0.378 e. The molecule has 0 radical (unpaired) electrons. The van der Waals surface area contributed by atoms with Gasteiger partial charge in [-0.3, -0.25) is 24.1 Å². The van der Waals surface area contributed by atoms with E-state index in [4.69, 9.17) is 0 Å². The summed E-state index contributed by atoms with van der Waals surface area (Å²) in [5.41, 5.74) is 3.22. The lowest BCUT2D eigenvalue weighted by Gasteiger charge is -2.45. The Labute approximate surface area is 240 Å². The molecule has 41 heavy (non-hydrogen) atoms. The average molecular weight is 553 g/mol. The number of para-hydroxylation sites is 1. The molecular formula is C33H36N4O4. The van der Waals surface area contributed by atoms with E-state index in [9.17, 15) is 19.2 Å². The van der Waals surface area contributed by atoms with Gasteiger partial charge < -0.3 is 15.1 Å². The molecule has 3 amide bonds. The van der Waals surface area contributed by atoms with Crippen molar-refractivity contribution in [1.29, 1.82) is 0 Å². The zero-order valence-corrected chi connectivity index (χ0v) is 23.9. The Balaban J connectivity index is 1.51. The Bertz CT molecular complexity index is 1470. The van der Waals surface area contributed by atoms with Gasteiger partial charge in [-0.2, -0.15) is 0 Å². The first-order valence-corrected chi connectivity index (χ1v) is 14.1. The second kappa shape index (κ2) is 11.6. The molecule has 1 N–H and O–H groups in total. The number of ketones is 1. The number of nitrogens with zero attached hydrogens (tertiary/aromatic N) is 3. The molecule has 212 valence electrons. The molecule has 1 heterocycles. The minimum absolute atomic E-state index is 0.218. The number of fused-ring (bicyclic) bond motifs is 1. The maximum Gasteiger partial charge on any atom is 0.299 e. The molecule has 5 rings (SSSR count). The molecular weight excluding hydrogens is 516 g/mol. The number of hydrogen-bond acceptors (Lipinski definition) is 5. The number of carbonyl (C=O) groups excluding carboxylic acids is 4. The summed E-state index contributed by atoms with van der Waals surface area (Å²) >= 11 is 0. The first-order valence-electron chi connectivity index (χ1n) is 14.1. The minimum atomic E-state index is -1.11. The van der Waals surface area contributed by atoms with Gasteiger partial charge in [0.1, 0.15) is 12.1 Å². The Morgan fingerprint density at radius 3 is 2.22 bits per heavy atom. The summed E-state index contributed by atoms with van der Waals surface area (Å²) in [6, 6.07) is 22.1. The molecule has 0 bridgehead atoms. The van der Waals surface area contributed by atoms with Crippen molar-refractivity contribution in [2.75, 3.05) is 35.8 Å². The summed E-state index contributed by atoms with van der Waals surface area (Å²) in [6.45, 7) is 1.88. The van der Waals surface area contributed by atoms with E-state index in [0.717, 1.165) is 36.1 Å². The normalized spacial score (nSPS) is 15.8. The standard InChI is InChI=1S/C33H36N4O4/c1-23-11-5-6-12-24(23)21-37(29(38)22-36-28-14-8-7-13-27(28)30(39)31(36)40)33(19-9-4-10-20-33)32(41)34-25-15-17-26(18-16-25)35(2)3/h5-8,11-18H,4,9-10,19-22H2,1-3H3,(H,34,41). The van der Waals surface area contributed by atoms with E-state index in [0.29, 0.717) is 29.8 Å². The van der Waals surface area contributed by atoms with E-state index in [-0.39, 0.29) is 24.9 Å². The fourth-order valence-electron chi connectivity index (χ4n) is 5.91. The van der Waals surface area contributed by atoms with Gasteiger partial charge in [0.05, 0.1) is 11.3 Å². The maximum atomic E-state index is 14.3. The third kappa shape index (κ3) is 5.46. The molecule has 1 aliphatic heterocycles. The Morgan fingerprint density at radius 2 is 1.54 bits per heavy atom. The fraction of sp³-hybridized carbons (Fsp3) is 0.333. The number of nitrogens with one attached hydrogen (secondary N) is 1. The van der Waals surface area contributed by atoms with Crippen LogP contribution >= 0.6 is 0 Å². The van der Waals surface area contributed by atoms with Crippen LogP contribution in [0.1, 0.15) is 53.6 Å². The number of amides is 3. The van der Waals surface area contributed by atoms with Crippen LogP contribution in [0.3, 0.4) is 0 Å². The monoisotopic (exact) mass is 552 g/mol. The van der Waals surface area contributed by atoms with Gasteiger partial charge in [0, 0.05) is 32.0 Å². The van der Waals surface area contributed by atoms with Gasteiger partial charge in [0.2, 0.25) is 11.8 Å². The van der Waals surface area contributed by atoms with Crippen LogP contribution < -0.4 is 15.1 Å². The molecule has 1 fully saturated rings. The predicted molar refractivity (Wildman–Crippen MR) is 160 cm³/mol. The van der Waals surface area contributed by atoms with Gasteiger partial charge >= 0.3 is 0 Å². The summed E-state index contributed by atoms with van der Waals surface area (Å²) in [5, 5.41) is 3.09. The number of hydrogen-bond donors (Lipinski definition) is 1. The van der Waals surface area contributed by atoms with E-state index >= 15 is 0 Å². The smallest absolute Gasteiger partial charge is 0.299 e. The van der Waals surface area contributed by atoms with Crippen LogP contribution in [0.2, 0.25) is 0 Å². The van der Waals surface area contributed by atoms with Gasteiger partial charge in [0.15, 0.2) is 0 Å². The number of Topliss-reactive ketones (excluding diaryl/α,β-unsaturated/α-hetero) is 1. The highest BCUT2D eigenvalue weighted by Crippen LogP contribution is 2.38. The van der Waals surface area contributed by atoms with Crippen molar-refractivity contribution in [3.8, 4) is 0 Å². The van der Waals surface area contributed by atoms with Crippen LogP contribution in [0.25, 0.3) is 0 Å². The zero-order chi connectivity index (χ0) is 29.1. The van der Waals surface area contributed by atoms with Crippen molar-refractivity contribution in [1.82, 2.24) is 4.90 Å². The quantitative estimate of drug-likeness (QED) is 0.399. The first kappa shape index (κ1) is 28.1. The average Bonchev–Trinajstić information content (AvgIpc) is 3.22. The van der Waals surface area contributed by atoms with Crippen molar-refractivity contribution >= 4 is 40.6 Å². The van der Waals surface area contributed by atoms with Crippen LogP contribution in [0.4, 0.5) is 17.1 Å². The molecule has 8 nitrogen and oxygen atoms in total. The molecule has 0 saturated heterocycles. The lowest BCUT2D eigenvalue weighted by Crippen LogP contribution is -2.61. The highest BCUT2D eigenvalue weighted by Gasteiger charge is 2.48. The van der Waals surface area contributed by atoms with Crippen molar-refractivity contribution in [3.05, 3.63) is 89.5 Å². The topological polar surface area (TPSA) is 90.0 Å². The highest BCUT2D eigenvalue weighted by atomic mass is 16.2. The molecule has 0 spiro atoms. The van der Waals surface area contributed by atoms with Gasteiger partial charge in [-0.25, -0.2) is 0 Å². The summed E-state index contributed by atoms with van der Waals surface area (Å²) in [7, 11) is 3.91. The van der Waals surface area contributed by atoms with Crippen LogP contribution in [-0.4, -0.2) is 54.6 Å². The van der Waals surface area contributed by atoms with E-state index in [1.54, 1.807) is 29.2 Å². The van der Waals surface area contributed by atoms with Crippen molar-refractivity contribution < 1.29 is 19.2 Å². The second-order valence-corrected chi connectivity index (χ2v) is 11.1. The summed E-state index contributed by atoms with van der Waals surface area (Å²) < 4.78 is 0. The number of aryl methyl sites for hydroxylation is 1. The molecule has 1 aliphatic carbocycles. The van der Waals surface area contributed by atoms with Crippen molar-refractivity contribution in [3.63, 3.8) is 0 Å². The molecule has 1 saturated carbocycles. The highest BCUT2D eigenvalue weighted by molar-refractivity contribution is 6.52. The SMILES string of the molecule is Cc1ccccc1CN(C(=O)CN1C(=O)C(=O)c2ccccc21)C1(C(=O)Nc2ccc(N(C)C)cc2)CCCCC1. The Morgan fingerprint density at radius 1 is 0.878 bits per heavy atom. The molecule has 0 unspecified atom stereocenters. The van der Waals surface area contributed by atoms with E-state index in [2.05, 4.69) is 5.32 Å². The van der Waals surface area contributed by atoms with E-state index in [1.807, 2.05) is 74.4 Å². The molecule has 8 heteroatoms. The zero-order valence-electron chi connectivity index (χ0n) is 23.9. The van der Waals surface area contributed by atoms with Gasteiger partial charge in [0.25, 0.3) is 11.7 Å². The molecule has 0 aromatic heterocycles. The summed E-state index contributed by atoms with van der Waals surface area (Å²) in [5.74, 6) is -1.95. The Hall–Kier alpha value is -4.46. The van der Waals surface area contributed by atoms with E-state index < -0.39 is 17.2 Å². The number of benzene rings is 3. The fourth-order valence-corrected chi connectivity index (χ4v) is 5.91. The third-order valence-electron chi connectivity index (χ3n) is 8.32. The second-order valence-electron chi connectivity index (χ2n) is 11.1. The lowest BCUT2D eigenvalue weighted by atomic mass is 9.78. The maximum absolute atomic E-state index is 14.3. The predicted octanol–water partition coefficient (Wildman–Crippen LogP) is 4.96. The van der Waals surface area contributed by atoms with Crippen LogP contribution in [0.5, 0.6) is 0 Å². The van der Waals surface area contributed by atoms with Crippen molar-refractivity contribution in [2.24, 2.45) is 0 Å². The molecule has 0 atom stereocenters. The van der Waals surface area contributed by atoms with Gasteiger partial charge in [-0.05, 0) is 67.3 Å². The molecule has 3 aromatic rings. The summed E-state index contributed by atoms with van der Waals surface area (Å²) in [6.07, 6.45) is 3.60. The van der Waals surface area contributed by atoms with Crippen LogP contribution in [0, 0.1) is 6.92 Å². The lowest BCUT2D eigenvalue weighted by molar-refractivity contribution is -0.148. The number of anilines is 3. The van der Waals surface area contributed by atoms with Crippen LogP contribution in [-0.2, 0) is 20.9 Å². The molecule has 3 aromatic carbocycles. The minimum Gasteiger partial charge on any atom is -0.378 e. The Kier molecular flexibility index (Phi) is 7.92. The van der Waals surface area contributed by atoms with Gasteiger partial charge in [-0.1, -0.05) is 55.7 Å². The van der Waals surface area contributed by atoms with Crippen LogP contribution in [0.15, 0.2) is 72.8 Å². The number of carbonyl (C=O) groups is 4. The van der Waals surface area contributed by atoms with E-state index in [1.165, 1.54) is 4.90 Å². The summed E-state index contributed by atoms with van der Waals surface area (Å²) in [4.78, 5) is 59.0. The third-order valence-corrected chi connectivity index (χ3v) is 8.32. The van der Waals surface area contributed by atoms with Crippen molar-refractivity contribution in [2.45, 2.75) is 51.1 Å². The first-order chi connectivity index (χ1) is 19.7. The van der Waals surface area contributed by atoms with Gasteiger partial charge in [-0.15, -0.1) is 0 Å².